The molecule has 1 saturated heterocycles. The third kappa shape index (κ3) is 6.75. The fourth-order valence-corrected chi connectivity index (χ4v) is 6.60. The van der Waals surface area contributed by atoms with Gasteiger partial charge in [0, 0.05) is 28.0 Å². The van der Waals surface area contributed by atoms with Crippen LogP contribution in [0.5, 0.6) is 0 Å². The standard InChI is InChI=1S/C33H32Cl2F3N3O3/c1-20(2)39-30(42)31(44-32(43)33(36,37)38)41-27-14-7-6-11-23(27)24(29(41)22-9-4-3-5-10-22)19-40-17-15-21(16-18-40)28-25(34)12-8-13-26(28)35/h3-14,20-21,31H,15-19H2,1-2H3,(H,39,42). The van der Waals surface area contributed by atoms with Crippen LogP contribution in [0.4, 0.5) is 13.2 Å². The van der Waals surface area contributed by atoms with Crippen LogP contribution in [-0.4, -0.2) is 46.7 Å². The Morgan fingerprint density at radius 1 is 0.932 bits per heavy atom. The van der Waals surface area contributed by atoms with Gasteiger partial charge in [-0.05, 0) is 80.6 Å². The second kappa shape index (κ2) is 13.2. The molecular weight excluding hydrogens is 614 g/mol. The first-order chi connectivity index (χ1) is 21.0. The number of benzene rings is 3. The van der Waals surface area contributed by atoms with Crippen LogP contribution in [0, 0.1) is 0 Å². The molecule has 0 bridgehead atoms. The third-order valence-corrected chi connectivity index (χ3v) is 8.44. The minimum atomic E-state index is -5.29. The van der Waals surface area contributed by atoms with E-state index in [0.717, 1.165) is 42.4 Å². The Bertz CT molecular complexity index is 1630. The summed E-state index contributed by atoms with van der Waals surface area (Å²) >= 11 is 13.0. The van der Waals surface area contributed by atoms with Crippen molar-refractivity contribution in [3.05, 3.63) is 94.0 Å². The van der Waals surface area contributed by atoms with Gasteiger partial charge in [-0.3, -0.25) is 14.3 Å². The van der Waals surface area contributed by atoms with Crippen molar-refractivity contribution in [2.45, 2.75) is 57.6 Å². The van der Waals surface area contributed by atoms with E-state index < -0.39 is 30.3 Å². The largest absolute Gasteiger partial charge is 0.491 e. The van der Waals surface area contributed by atoms with Crippen LogP contribution < -0.4 is 5.32 Å². The van der Waals surface area contributed by atoms with Crippen molar-refractivity contribution in [3.63, 3.8) is 0 Å². The average molecular weight is 647 g/mol. The lowest BCUT2D eigenvalue weighted by molar-refractivity contribution is -0.209. The number of ether oxygens (including phenoxy) is 1. The van der Waals surface area contributed by atoms with Crippen molar-refractivity contribution in [1.82, 2.24) is 14.8 Å². The van der Waals surface area contributed by atoms with Gasteiger partial charge in [-0.15, -0.1) is 0 Å². The summed E-state index contributed by atoms with van der Waals surface area (Å²) in [6, 6.07) is 21.3. The number of hydrogen-bond acceptors (Lipinski definition) is 4. The second-order valence-corrected chi connectivity index (χ2v) is 12.0. The Morgan fingerprint density at radius 2 is 1.55 bits per heavy atom. The zero-order valence-electron chi connectivity index (χ0n) is 24.2. The van der Waals surface area contributed by atoms with Crippen molar-refractivity contribution >= 4 is 46.0 Å². The van der Waals surface area contributed by atoms with Gasteiger partial charge in [0.05, 0.1) is 11.2 Å². The maximum Gasteiger partial charge on any atom is 0.491 e. The number of aromatic nitrogens is 1. The molecule has 232 valence electrons. The number of piperidine rings is 1. The fraction of sp³-hybridized carbons (Fsp3) is 0.333. The van der Waals surface area contributed by atoms with Gasteiger partial charge in [-0.25, -0.2) is 4.79 Å². The van der Waals surface area contributed by atoms with Gasteiger partial charge in [-0.2, -0.15) is 13.2 Å². The molecule has 1 fully saturated rings. The first-order valence-electron chi connectivity index (χ1n) is 14.4. The lowest BCUT2D eigenvalue weighted by Crippen LogP contribution is -2.41. The minimum absolute atomic E-state index is 0.188. The monoisotopic (exact) mass is 645 g/mol. The van der Waals surface area contributed by atoms with Gasteiger partial charge < -0.3 is 10.1 Å². The molecule has 3 aromatic carbocycles. The Kier molecular flexibility index (Phi) is 9.58. The molecule has 1 amide bonds. The highest BCUT2D eigenvalue weighted by molar-refractivity contribution is 6.36. The molecule has 2 heterocycles. The molecule has 1 aliphatic rings. The van der Waals surface area contributed by atoms with Crippen LogP contribution in [0.3, 0.4) is 0 Å². The number of rotatable bonds is 8. The van der Waals surface area contributed by atoms with E-state index in [0.29, 0.717) is 33.4 Å². The number of fused-ring (bicyclic) bond motifs is 1. The molecule has 1 aliphatic heterocycles. The van der Waals surface area contributed by atoms with Crippen LogP contribution >= 0.6 is 23.2 Å². The summed E-state index contributed by atoms with van der Waals surface area (Å²) in [5.41, 5.74) is 3.40. The molecule has 4 aromatic rings. The van der Waals surface area contributed by atoms with Gasteiger partial charge in [0.25, 0.3) is 12.1 Å². The molecule has 0 aliphatic carbocycles. The number of carbonyl (C=O) groups is 2. The Labute approximate surface area is 263 Å². The molecular formula is C33H32Cl2F3N3O3. The lowest BCUT2D eigenvalue weighted by Gasteiger charge is -2.33. The Balaban J connectivity index is 1.59. The molecule has 1 aromatic heterocycles. The summed E-state index contributed by atoms with van der Waals surface area (Å²) in [7, 11) is 0. The van der Waals surface area contributed by atoms with Crippen molar-refractivity contribution in [3.8, 4) is 11.3 Å². The number of carbonyl (C=O) groups excluding carboxylic acids is 2. The molecule has 1 atom stereocenters. The second-order valence-electron chi connectivity index (χ2n) is 11.2. The van der Waals surface area contributed by atoms with Crippen molar-refractivity contribution < 1.29 is 27.5 Å². The summed E-state index contributed by atoms with van der Waals surface area (Å²) < 4.78 is 46.8. The van der Waals surface area contributed by atoms with Crippen molar-refractivity contribution in [2.24, 2.45) is 0 Å². The molecule has 0 radical (unpaired) electrons. The highest BCUT2D eigenvalue weighted by Gasteiger charge is 2.45. The van der Waals surface area contributed by atoms with E-state index >= 15 is 0 Å². The van der Waals surface area contributed by atoms with Gasteiger partial charge in [0.2, 0.25) is 0 Å². The number of nitrogens with zero attached hydrogens (tertiary/aromatic N) is 2. The predicted molar refractivity (Wildman–Crippen MR) is 166 cm³/mol. The van der Waals surface area contributed by atoms with E-state index in [1.54, 1.807) is 26.0 Å². The Hall–Kier alpha value is -3.53. The van der Waals surface area contributed by atoms with E-state index in [9.17, 15) is 22.8 Å². The number of para-hydroxylation sites is 1. The topological polar surface area (TPSA) is 63.6 Å². The van der Waals surface area contributed by atoms with Crippen LogP contribution in [0.25, 0.3) is 22.2 Å². The van der Waals surface area contributed by atoms with Gasteiger partial charge in [0.1, 0.15) is 0 Å². The highest BCUT2D eigenvalue weighted by atomic mass is 35.5. The van der Waals surface area contributed by atoms with Crippen molar-refractivity contribution in [2.75, 3.05) is 13.1 Å². The number of halogens is 5. The molecule has 0 spiro atoms. The number of esters is 1. The number of amides is 1. The molecule has 6 nitrogen and oxygen atoms in total. The van der Waals surface area contributed by atoms with E-state index in [1.807, 2.05) is 60.7 Å². The quantitative estimate of drug-likeness (QED) is 0.197. The van der Waals surface area contributed by atoms with Crippen LogP contribution in [0.2, 0.25) is 10.0 Å². The number of nitrogens with one attached hydrogen (secondary N) is 1. The summed E-state index contributed by atoms with van der Waals surface area (Å²) in [5, 5.41) is 4.65. The number of alkyl halides is 3. The molecule has 0 saturated carbocycles. The van der Waals surface area contributed by atoms with Crippen LogP contribution in [-0.2, 0) is 20.9 Å². The summed E-state index contributed by atoms with van der Waals surface area (Å²) in [5.74, 6) is -3.12. The smallest absolute Gasteiger partial charge is 0.425 e. The Morgan fingerprint density at radius 3 is 2.16 bits per heavy atom. The molecule has 1 unspecified atom stereocenters. The van der Waals surface area contributed by atoms with Crippen LogP contribution in [0.15, 0.2) is 72.8 Å². The zero-order valence-corrected chi connectivity index (χ0v) is 25.7. The van der Waals surface area contributed by atoms with Gasteiger partial charge in [-0.1, -0.05) is 77.8 Å². The third-order valence-electron chi connectivity index (χ3n) is 7.78. The first kappa shape index (κ1) is 31.9. The van der Waals surface area contributed by atoms with Gasteiger partial charge >= 0.3 is 12.1 Å². The minimum Gasteiger partial charge on any atom is -0.425 e. The average Bonchev–Trinajstić information content (AvgIpc) is 3.29. The summed E-state index contributed by atoms with van der Waals surface area (Å²) in [4.78, 5) is 27.9. The normalized spacial score (nSPS) is 15.5. The molecule has 1 N–H and O–H groups in total. The molecule has 5 rings (SSSR count). The number of likely N-dealkylation sites (tertiary alicyclic amines) is 1. The van der Waals surface area contributed by atoms with E-state index in [4.69, 9.17) is 27.9 Å². The molecule has 44 heavy (non-hydrogen) atoms. The maximum absolute atomic E-state index is 13.5. The summed E-state index contributed by atoms with van der Waals surface area (Å²) in [6.45, 7) is 5.25. The van der Waals surface area contributed by atoms with E-state index in [-0.39, 0.29) is 5.92 Å². The predicted octanol–water partition coefficient (Wildman–Crippen LogP) is 8.12. The van der Waals surface area contributed by atoms with E-state index in [2.05, 4.69) is 10.2 Å². The molecule has 11 heteroatoms. The number of hydrogen-bond donors (Lipinski definition) is 1. The first-order valence-corrected chi connectivity index (χ1v) is 15.1. The fourth-order valence-electron chi connectivity index (χ4n) is 5.90. The maximum atomic E-state index is 13.5. The van der Waals surface area contributed by atoms with E-state index in [1.165, 1.54) is 4.57 Å². The van der Waals surface area contributed by atoms with Gasteiger partial charge in [0.15, 0.2) is 0 Å². The summed E-state index contributed by atoms with van der Waals surface area (Å²) in [6.07, 6.45) is -5.57. The van der Waals surface area contributed by atoms with Crippen LogP contribution in [0.1, 0.15) is 50.0 Å². The highest BCUT2D eigenvalue weighted by Crippen LogP contribution is 2.41. The SMILES string of the molecule is CC(C)NC(=O)C(OC(=O)C(F)(F)F)n1c(-c2ccccc2)c(CN2CCC(c3c(Cl)cccc3Cl)CC2)c2ccccc21. The zero-order chi connectivity index (χ0) is 31.6. The lowest BCUT2D eigenvalue weighted by atomic mass is 9.89. The van der Waals surface area contributed by atoms with Crippen molar-refractivity contribution in [1.29, 1.82) is 0 Å².